The van der Waals surface area contributed by atoms with Crippen molar-refractivity contribution in [2.75, 3.05) is 11.4 Å². The number of nitrogens with zero attached hydrogens (tertiary/aromatic N) is 2. The second-order valence-electron chi connectivity index (χ2n) is 4.94. The van der Waals surface area contributed by atoms with Crippen LogP contribution < -0.4 is 4.90 Å². The van der Waals surface area contributed by atoms with E-state index in [1.807, 2.05) is 17.0 Å². The molecule has 0 radical (unpaired) electrons. The summed E-state index contributed by atoms with van der Waals surface area (Å²) in [7, 11) is 0. The van der Waals surface area contributed by atoms with Gasteiger partial charge in [-0.05, 0) is 30.2 Å². The van der Waals surface area contributed by atoms with E-state index < -0.39 is 6.10 Å². The Kier molecular flexibility index (Phi) is 3.59. The van der Waals surface area contributed by atoms with Crippen LogP contribution in [-0.4, -0.2) is 22.7 Å². The number of benzene rings is 1. The number of halogens is 2. The van der Waals surface area contributed by atoms with Crippen molar-refractivity contribution in [3.63, 3.8) is 0 Å². The van der Waals surface area contributed by atoms with Crippen LogP contribution in [0.2, 0.25) is 5.02 Å². The van der Waals surface area contributed by atoms with E-state index in [9.17, 15) is 9.50 Å². The van der Waals surface area contributed by atoms with Crippen molar-refractivity contribution < 1.29 is 9.50 Å². The van der Waals surface area contributed by atoms with E-state index >= 15 is 0 Å². The first-order valence-corrected chi connectivity index (χ1v) is 6.82. The molecule has 1 N–H and O–H groups in total. The summed E-state index contributed by atoms with van der Waals surface area (Å²) in [5, 5.41) is 10.5. The zero-order valence-electron chi connectivity index (χ0n) is 10.7. The first-order chi connectivity index (χ1) is 9.65. The molecular weight excluding hydrogens is 279 g/mol. The van der Waals surface area contributed by atoms with Crippen molar-refractivity contribution in [1.29, 1.82) is 0 Å². The van der Waals surface area contributed by atoms with Crippen LogP contribution in [-0.2, 0) is 0 Å². The smallest absolute Gasteiger partial charge is 0.123 e. The standard InChI is InChI=1S/C15H14ClFN2O/c16-13-8-18-5-4-14(13)19-9-12(20)7-15(19)10-2-1-3-11(17)6-10/h1-6,8,12,15,20H,7,9H2/t12-,15-/m1/s1. The number of hydrogen-bond donors (Lipinski definition) is 1. The van der Waals surface area contributed by atoms with Crippen molar-refractivity contribution in [2.45, 2.75) is 18.6 Å². The molecule has 20 heavy (non-hydrogen) atoms. The predicted molar refractivity (Wildman–Crippen MR) is 76.4 cm³/mol. The number of pyridine rings is 1. The molecule has 5 heteroatoms. The third kappa shape index (κ3) is 2.49. The molecule has 1 fully saturated rings. The highest BCUT2D eigenvalue weighted by Gasteiger charge is 2.33. The number of β-amino-alcohol motifs (C(OH)–C–C–N with tert-alkyl or cyclic N) is 1. The molecule has 0 unspecified atom stereocenters. The van der Waals surface area contributed by atoms with Gasteiger partial charge in [-0.25, -0.2) is 4.39 Å². The molecule has 1 aromatic carbocycles. The molecule has 3 nitrogen and oxygen atoms in total. The van der Waals surface area contributed by atoms with Gasteiger partial charge in [0.2, 0.25) is 0 Å². The number of aliphatic hydroxyl groups excluding tert-OH is 1. The predicted octanol–water partition coefficient (Wildman–Crippen LogP) is 3.19. The van der Waals surface area contributed by atoms with Crippen molar-refractivity contribution in [3.05, 3.63) is 59.1 Å². The summed E-state index contributed by atoms with van der Waals surface area (Å²) < 4.78 is 13.4. The van der Waals surface area contributed by atoms with Gasteiger partial charge in [-0.2, -0.15) is 0 Å². The fraction of sp³-hybridized carbons (Fsp3) is 0.267. The van der Waals surface area contributed by atoms with Crippen molar-refractivity contribution >= 4 is 17.3 Å². The van der Waals surface area contributed by atoms with Gasteiger partial charge < -0.3 is 10.0 Å². The summed E-state index contributed by atoms with van der Waals surface area (Å²) in [4.78, 5) is 5.97. The Labute approximate surface area is 121 Å². The van der Waals surface area contributed by atoms with Crippen LogP contribution in [0.4, 0.5) is 10.1 Å². The lowest BCUT2D eigenvalue weighted by Crippen LogP contribution is -2.24. The molecule has 0 amide bonds. The van der Waals surface area contributed by atoms with Crippen molar-refractivity contribution in [1.82, 2.24) is 4.98 Å². The van der Waals surface area contributed by atoms with Crippen LogP contribution in [0.15, 0.2) is 42.7 Å². The molecule has 1 aliphatic rings. The number of rotatable bonds is 2. The van der Waals surface area contributed by atoms with Gasteiger partial charge in [0.15, 0.2) is 0 Å². The van der Waals surface area contributed by atoms with E-state index in [-0.39, 0.29) is 11.9 Å². The van der Waals surface area contributed by atoms with Crippen molar-refractivity contribution in [2.24, 2.45) is 0 Å². The van der Waals surface area contributed by atoms with Gasteiger partial charge in [-0.3, -0.25) is 4.98 Å². The minimum Gasteiger partial charge on any atom is -0.391 e. The van der Waals surface area contributed by atoms with E-state index in [2.05, 4.69) is 4.98 Å². The summed E-state index contributed by atoms with van der Waals surface area (Å²) in [5.41, 5.74) is 1.65. The second kappa shape index (κ2) is 5.38. The fourth-order valence-electron chi connectivity index (χ4n) is 2.71. The SMILES string of the molecule is O[C@@H]1C[C@H](c2cccc(F)c2)N(c2ccncc2Cl)C1. The lowest BCUT2D eigenvalue weighted by atomic mass is 10.0. The molecule has 0 spiro atoms. The Morgan fingerprint density at radius 3 is 2.95 bits per heavy atom. The zero-order chi connectivity index (χ0) is 14.1. The minimum atomic E-state index is -0.451. The van der Waals surface area contributed by atoms with Gasteiger partial charge in [0, 0.05) is 18.9 Å². The number of anilines is 1. The van der Waals surface area contributed by atoms with Crippen LogP contribution in [0.25, 0.3) is 0 Å². The Hall–Kier alpha value is -1.65. The van der Waals surface area contributed by atoms with Gasteiger partial charge in [-0.1, -0.05) is 23.7 Å². The molecular formula is C15H14ClFN2O. The van der Waals surface area contributed by atoms with Gasteiger partial charge >= 0.3 is 0 Å². The van der Waals surface area contributed by atoms with Gasteiger partial charge in [0.05, 0.1) is 22.9 Å². The van der Waals surface area contributed by atoms with E-state index in [0.717, 1.165) is 11.3 Å². The molecule has 2 heterocycles. The maximum absolute atomic E-state index is 13.4. The molecule has 2 aromatic rings. The van der Waals surface area contributed by atoms with Crippen LogP contribution in [0, 0.1) is 5.82 Å². The normalized spacial score (nSPS) is 22.2. The van der Waals surface area contributed by atoms with Crippen LogP contribution in [0.5, 0.6) is 0 Å². The second-order valence-corrected chi connectivity index (χ2v) is 5.35. The monoisotopic (exact) mass is 292 g/mol. The Bertz CT molecular complexity index is 622. The maximum atomic E-state index is 13.4. The van der Waals surface area contributed by atoms with Crippen molar-refractivity contribution in [3.8, 4) is 0 Å². The quantitative estimate of drug-likeness (QED) is 0.923. The highest BCUT2D eigenvalue weighted by molar-refractivity contribution is 6.33. The molecule has 0 aliphatic carbocycles. The van der Waals surface area contributed by atoms with Gasteiger partial charge in [0.1, 0.15) is 5.82 Å². The van der Waals surface area contributed by atoms with Gasteiger partial charge in [0.25, 0.3) is 0 Å². The van der Waals surface area contributed by atoms with Gasteiger partial charge in [-0.15, -0.1) is 0 Å². The highest BCUT2D eigenvalue weighted by atomic mass is 35.5. The van der Waals surface area contributed by atoms with Crippen LogP contribution >= 0.6 is 11.6 Å². The summed E-state index contributed by atoms with van der Waals surface area (Å²) in [6.07, 6.45) is 3.34. The third-order valence-electron chi connectivity index (χ3n) is 3.57. The molecule has 1 aromatic heterocycles. The molecule has 2 atom stereocenters. The lowest BCUT2D eigenvalue weighted by Gasteiger charge is -2.27. The van der Waals surface area contributed by atoms with E-state index in [4.69, 9.17) is 11.6 Å². The molecule has 3 rings (SSSR count). The Morgan fingerprint density at radius 1 is 1.35 bits per heavy atom. The summed E-state index contributed by atoms with van der Waals surface area (Å²) in [5.74, 6) is -0.273. The fourth-order valence-corrected chi connectivity index (χ4v) is 2.94. The topological polar surface area (TPSA) is 36.4 Å². The highest BCUT2D eigenvalue weighted by Crippen LogP contribution is 2.39. The third-order valence-corrected chi connectivity index (χ3v) is 3.86. The minimum absolute atomic E-state index is 0.0828. The average Bonchev–Trinajstić information content (AvgIpc) is 2.81. The maximum Gasteiger partial charge on any atom is 0.123 e. The average molecular weight is 293 g/mol. The molecule has 0 bridgehead atoms. The van der Waals surface area contributed by atoms with E-state index in [1.165, 1.54) is 12.1 Å². The van der Waals surface area contributed by atoms with E-state index in [1.54, 1.807) is 18.5 Å². The lowest BCUT2D eigenvalue weighted by molar-refractivity contribution is 0.194. The largest absolute Gasteiger partial charge is 0.391 e. The molecule has 1 aliphatic heterocycles. The Balaban J connectivity index is 1.99. The van der Waals surface area contributed by atoms with Crippen LogP contribution in [0.1, 0.15) is 18.0 Å². The summed E-state index contributed by atoms with van der Waals surface area (Å²) in [6.45, 7) is 0.477. The Morgan fingerprint density at radius 2 is 2.20 bits per heavy atom. The molecule has 104 valence electrons. The summed E-state index contributed by atoms with van der Waals surface area (Å²) >= 11 is 6.18. The number of aliphatic hydroxyl groups is 1. The summed E-state index contributed by atoms with van der Waals surface area (Å²) in [6, 6.07) is 8.20. The first-order valence-electron chi connectivity index (χ1n) is 6.45. The first kappa shape index (κ1) is 13.3. The number of aromatic nitrogens is 1. The number of hydrogen-bond acceptors (Lipinski definition) is 3. The molecule has 0 saturated carbocycles. The van der Waals surface area contributed by atoms with Crippen LogP contribution in [0.3, 0.4) is 0 Å². The van der Waals surface area contributed by atoms with E-state index in [0.29, 0.717) is 18.0 Å². The molecule has 1 saturated heterocycles. The zero-order valence-corrected chi connectivity index (χ0v) is 11.5.